The molecular formula is C13H19N3S. The molecule has 0 aliphatic heterocycles. The third kappa shape index (κ3) is 3.97. The van der Waals surface area contributed by atoms with Crippen molar-refractivity contribution in [2.75, 3.05) is 5.32 Å². The fourth-order valence-corrected chi connectivity index (χ4v) is 2.43. The summed E-state index contributed by atoms with van der Waals surface area (Å²) < 4.78 is 0. The predicted molar refractivity (Wildman–Crippen MR) is 75.2 cm³/mol. The molecule has 2 N–H and O–H groups in total. The highest BCUT2D eigenvalue weighted by molar-refractivity contribution is 7.80. The van der Waals surface area contributed by atoms with Gasteiger partial charge in [0, 0.05) is 11.7 Å². The van der Waals surface area contributed by atoms with Gasteiger partial charge in [-0.1, -0.05) is 19.3 Å². The van der Waals surface area contributed by atoms with Gasteiger partial charge in [0.05, 0.1) is 11.9 Å². The van der Waals surface area contributed by atoms with E-state index in [0.717, 1.165) is 11.4 Å². The smallest absolute Gasteiger partial charge is 0.171 e. The van der Waals surface area contributed by atoms with Crippen molar-refractivity contribution in [3.63, 3.8) is 0 Å². The van der Waals surface area contributed by atoms with Crippen molar-refractivity contribution in [2.45, 2.75) is 45.1 Å². The number of anilines is 1. The van der Waals surface area contributed by atoms with Crippen molar-refractivity contribution < 1.29 is 0 Å². The number of aryl methyl sites for hydroxylation is 1. The predicted octanol–water partition coefficient (Wildman–Crippen LogP) is 3.01. The zero-order valence-electron chi connectivity index (χ0n) is 10.2. The summed E-state index contributed by atoms with van der Waals surface area (Å²) in [6.07, 6.45) is 8.26. The Labute approximate surface area is 108 Å². The van der Waals surface area contributed by atoms with E-state index >= 15 is 0 Å². The first-order chi connectivity index (χ1) is 8.24. The summed E-state index contributed by atoms with van der Waals surface area (Å²) in [5.74, 6) is 0. The van der Waals surface area contributed by atoms with Crippen molar-refractivity contribution in [3.05, 3.63) is 24.0 Å². The van der Waals surface area contributed by atoms with Crippen LogP contribution < -0.4 is 10.6 Å². The van der Waals surface area contributed by atoms with Crippen LogP contribution in [0, 0.1) is 6.92 Å². The molecule has 4 heteroatoms. The first kappa shape index (κ1) is 12.3. The quantitative estimate of drug-likeness (QED) is 0.790. The highest BCUT2D eigenvalue weighted by Gasteiger charge is 2.13. The van der Waals surface area contributed by atoms with Gasteiger partial charge in [0.15, 0.2) is 5.11 Å². The molecule has 0 bridgehead atoms. The van der Waals surface area contributed by atoms with Crippen LogP contribution in [0.25, 0.3) is 0 Å². The standard InChI is InChI=1S/C13H19N3S/c1-10-7-8-12(9-14-10)16-13(17)15-11-5-3-2-4-6-11/h7-9,11H,2-6H2,1H3,(H2,15,16,17). The lowest BCUT2D eigenvalue weighted by Crippen LogP contribution is -2.38. The molecule has 0 radical (unpaired) electrons. The van der Waals surface area contributed by atoms with Gasteiger partial charge in [-0.25, -0.2) is 0 Å². The van der Waals surface area contributed by atoms with Crippen molar-refractivity contribution in [1.82, 2.24) is 10.3 Å². The van der Waals surface area contributed by atoms with E-state index in [1.807, 2.05) is 25.3 Å². The number of pyridine rings is 1. The van der Waals surface area contributed by atoms with Crippen LogP contribution in [-0.2, 0) is 0 Å². The number of nitrogens with zero attached hydrogens (tertiary/aromatic N) is 1. The molecule has 1 heterocycles. The van der Waals surface area contributed by atoms with Crippen molar-refractivity contribution >= 4 is 23.0 Å². The van der Waals surface area contributed by atoms with Gasteiger partial charge in [-0.2, -0.15) is 0 Å². The maximum Gasteiger partial charge on any atom is 0.171 e. The summed E-state index contributed by atoms with van der Waals surface area (Å²) in [4.78, 5) is 4.23. The van der Waals surface area contributed by atoms with Gasteiger partial charge in [-0.05, 0) is 44.1 Å². The lowest BCUT2D eigenvalue weighted by Gasteiger charge is -2.24. The molecule has 0 unspecified atom stereocenters. The number of nitrogens with one attached hydrogen (secondary N) is 2. The first-order valence-electron chi connectivity index (χ1n) is 6.24. The Morgan fingerprint density at radius 2 is 2.06 bits per heavy atom. The second-order valence-electron chi connectivity index (χ2n) is 4.62. The number of aromatic nitrogens is 1. The Morgan fingerprint density at radius 1 is 1.29 bits per heavy atom. The van der Waals surface area contributed by atoms with E-state index in [9.17, 15) is 0 Å². The summed E-state index contributed by atoms with van der Waals surface area (Å²) in [7, 11) is 0. The SMILES string of the molecule is Cc1ccc(NC(=S)NC2CCCCC2)cn1. The fraction of sp³-hybridized carbons (Fsp3) is 0.538. The third-order valence-electron chi connectivity index (χ3n) is 3.11. The van der Waals surface area contributed by atoms with Gasteiger partial charge in [0.2, 0.25) is 0 Å². The monoisotopic (exact) mass is 249 g/mol. The van der Waals surface area contributed by atoms with E-state index in [1.54, 1.807) is 0 Å². The summed E-state index contributed by atoms with van der Waals surface area (Å²) in [5, 5.41) is 7.26. The van der Waals surface area contributed by atoms with E-state index < -0.39 is 0 Å². The minimum absolute atomic E-state index is 0.544. The number of hydrogen-bond acceptors (Lipinski definition) is 2. The van der Waals surface area contributed by atoms with E-state index in [1.165, 1.54) is 32.1 Å². The van der Waals surface area contributed by atoms with Crippen molar-refractivity contribution in [3.8, 4) is 0 Å². The Morgan fingerprint density at radius 3 is 2.71 bits per heavy atom. The highest BCUT2D eigenvalue weighted by Crippen LogP contribution is 2.17. The van der Waals surface area contributed by atoms with E-state index in [4.69, 9.17) is 12.2 Å². The molecule has 0 atom stereocenters. The Bertz CT molecular complexity index is 369. The normalized spacial score (nSPS) is 16.5. The van der Waals surface area contributed by atoms with Crippen LogP contribution in [0.2, 0.25) is 0 Å². The molecule has 2 rings (SSSR count). The molecule has 1 aliphatic rings. The van der Waals surface area contributed by atoms with Crippen molar-refractivity contribution in [2.24, 2.45) is 0 Å². The molecule has 92 valence electrons. The Balaban J connectivity index is 1.82. The van der Waals surface area contributed by atoms with Crippen LogP contribution >= 0.6 is 12.2 Å². The average molecular weight is 249 g/mol. The number of rotatable bonds is 2. The molecule has 0 spiro atoms. The van der Waals surface area contributed by atoms with Crippen LogP contribution in [0.15, 0.2) is 18.3 Å². The first-order valence-corrected chi connectivity index (χ1v) is 6.65. The highest BCUT2D eigenvalue weighted by atomic mass is 32.1. The van der Waals surface area contributed by atoms with Crippen LogP contribution in [0.4, 0.5) is 5.69 Å². The minimum atomic E-state index is 0.544. The second kappa shape index (κ2) is 5.96. The maximum atomic E-state index is 5.30. The van der Waals surface area contributed by atoms with Gasteiger partial charge in [-0.3, -0.25) is 4.98 Å². The lowest BCUT2D eigenvalue weighted by atomic mass is 9.96. The van der Waals surface area contributed by atoms with Gasteiger partial charge >= 0.3 is 0 Å². The molecule has 1 aliphatic carbocycles. The van der Waals surface area contributed by atoms with Gasteiger partial charge in [0.25, 0.3) is 0 Å². The van der Waals surface area contributed by atoms with Crippen LogP contribution in [-0.4, -0.2) is 16.1 Å². The Kier molecular flexibility index (Phi) is 4.31. The molecule has 1 aromatic heterocycles. The average Bonchev–Trinajstić information content (AvgIpc) is 2.33. The molecule has 1 fully saturated rings. The van der Waals surface area contributed by atoms with Gasteiger partial charge < -0.3 is 10.6 Å². The molecule has 0 saturated heterocycles. The molecule has 17 heavy (non-hydrogen) atoms. The van der Waals surface area contributed by atoms with Crippen molar-refractivity contribution in [1.29, 1.82) is 0 Å². The van der Waals surface area contributed by atoms with Crippen LogP contribution in [0.3, 0.4) is 0 Å². The Hall–Kier alpha value is -1.16. The second-order valence-corrected chi connectivity index (χ2v) is 5.03. The maximum absolute atomic E-state index is 5.30. The molecule has 1 saturated carbocycles. The minimum Gasteiger partial charge on any atom is -0.360 e. The summed E-state index contributed by atoms with van der Waals surface area (Å²) in [6, 6.07) is 4.52. The summed E-state index contributed by atoms with van der Waals surface area (Å²) >= 11 is 5.30. The van der Waals surface area contributed by atoms with Crippen LogP contribution in [0.5, 0.6) is 0 Å². The fourth-order valence-electron chi connectivity index (χ4n) is 2.14. The summed E-state index contributed by atoms with van der Waals surface area (Å²) in [6.45, 7) is 1.97. The van der Waals surface area contributed by atoms with Gasteiger partial charge in [-0.15, -0.1) is 0 Å². The van der Waals surface area contributed by atoms with Crippen LogP contribution in [0.1, 0.15) is 37.8 Å². The molecule has 3 nitrogen and oxygen atoms in total. The molecule has 1 aromatic rings. The van der Waals surface area contributed by atoms with E-state index in [2.05, 4.69) is 15.6 Å². The molecule has 0 aromatic carbocycles. The zero-order chi connectivity index (χ0) is 12.1. The third-order valence-corrected chi connectivity index (χ3v) is 3.33. The van der Waals surface area contributed by atoms with Gasteiger partial charge in [0.1, 0.15) is 0 Å². The topological polar surface area (TPSA) is 37.0 Å². The molecular weight excluding hydrogens is 230 g/mol. The zero-order valence-corrected chi connectivity index (χ0v) is 11.0. The summed E-state index contributed by atoms with van der Waals surface area (Å²) in [5.41, 5.74) is 1.96. The number of thiocarbonyl (C=S) groups is 1. The van der Waals surface area contributed by atoms with E-state index in [-0.39, 0.29) is 0 Å². The van der Waals surface area contributed by atoms with E-state index in [0.29, 0.717) is 11.2 Å². The molecule has 0 amide bonds. The largest absolute Gasteiger partial charge is 0.360 e. The number of hydrogen-bond donors (Lipinski definition) is 2. The lowest BCUT2D eigenvalue weighted by molar-refractivity contribution is 0.415.